The second-order valence-corrected chi connectivity index (χ2v) is 8.86. The quantitative estimate of drug-likeness (QED) is 0.588. The summed E-state index contributed by atoms with van der Waals surface area (Å²) >= 11 is 5.47. The van der Waals surface area contributed by atoms with Crippen LogP contribution in [-0.4, -0.2) is 48.0 Å². The Morgan fingerprint density at radius 3 is 2.65 bits per heavy atom. The molecule has 0 radical (unpaired) electrons. The molecule has 1 aromatic rings. The maximum atomic E-state index is 12.3. The van der Waals surface area contributed by atoms with Crippen molar-refractivity contribution in [1.82, 2.24) is 10.0 Å². The van der Waals surface area contributed by atoms with Crippen LogP contribution in [0.5, 0.6) is 11.5 Å². The Morgan fingerprint density at radius 2 is 2.08 bits per heavy atom. The summed E-state index contributed by atoms with van der Waals surface area (Å²) in [6.07, 6.45) is 3.76. The van der Waals surface area contributed by atoms with Crippen molar-refractivity contribution in [3.8, 4) is 11.5 Å². The van der Waals surface area contributed by atoms with E-state index in [4.69, 9.17) is 21.1 Å². The molecule has 0 fully saturated rings. The maximum absolute atomic E-state index is 12.3. The minimum Gasteiger partial charge on any atom is -0.493 e. The highest BCUT2D eigenvalue weighted by atomic mass is 35.5. The number of ether oxygens (including phenoxy) is 2. The van der Waals surface area contributed by atoms with Crippen LogP contribution in [0, 0.1) is 0 Å². The molecule has 0 saturated heterocycles. The summed E-state index contributed by atoms with van der Waals surface area (Å²) in [4.78, 5) is 12.3. The highest BCUT2D eigenvalue weighted by Crippen LogP contribution is 2.28. The van der Waals surface area contributed by atoms with Crippen molar-refractivity contribution >= 4 is 33.1 Å². The van der Waals surface area contributed by atoms with Crippen molar-refractivity contribution in [2.45, 2.75) is 25.8 Å². The van der Waals surface area contributed by atoms with Gasteiger partial charge >= 0.3 is 0 Å². The van der Waals surface area contributed by atoms with Crippen LogP contribution in [0.4, 0.5) is 0 Å². The molecule has 0 aliphatic rings. The van der Waals surface area contributed by atoms with E-state index in [-0.39, 0.29) is 5.91 Å². The minimum atomic E-state index is -2.48. The molecular weight excluding hydrogens is 376 g/mol. The molecule has 0 aliphatic heterocycles. The Bertz CT molecular complexity index is 746. The van der Waals surface area contributed by atoms with Crippen molar-refractivity contribution in [3.05, 3.63) is 35.4 Å². The molecular formula is C18H27ClN2O4S. The zero-order valence-corrected chi connectivity index (χ0v) is 17.2. The third-order valence-corrected chi connectivity index (χ3v) is 4.51. The topological polar surface area (TPSA) is 76.7 Å². The van der Waals surface area contributed by atoms with Gasteiger partial charge in [0, 0.05) is 28.0 Å². The van der Waals surface area contributed by atoms with Crippen LogP contribution in [0.2, 0.25) is 0 Å². The number of carbonyl (C=O) groups is 1. The van der Waals surface area contributed by atoms with E-state index >= 15 is 0 Å². The van der Waals surface area contributed by atoms with Gasteiger partial charge in [-0.2, -0.15) is 0 Å². The van der Waals surface area contributed by atoms with E-state index in [0.29, 0.717) is 31.1 Å². The van der Waals surface area contributed by atoms with Crippen LogP contribution < -0.4 is 19.5 Å². The molecule has 0 spiro atoms. The van der Waals surface area contributed by atoms with Crippen LogP contribution in [0.25, 0.3) is 0 Å². The van der Waals surface area contributed by atoms with Gasteiger partial charge in [-0.05, 0) is 49.9 Å². The van der Waals surface area contributed by atoms with Gasteiger partial charge in [-0.25, -0.2) is 4.72 Å². The third-order valence-electron chi connectivity index (χ3n) is 3.39. The first kappa shape index (κ1) is 22.3. The molecule has 0 aromatic heterocycles. The lowest BCUT2D eigenvalue weighted by atomic mass is 10.1. The average Bonchev–Trinajstić information content (AvgIpc) is 2.53. The highest BCUT2D eigenvalue weighted by Gasteiger charge is 2.28. The Morgan fingerprint density at radius 1 is 1.38 bits per heavy atom. The van der Waals surface area contributed by atoms with Gasteiger partial charge in [0.1, 0.15) is 12.1 Å². The van der Waals surface area contributed by atoms with Crippen molar-refractivity contribution in [2.75, 3.05) is 26.5 Å². The van der Waals surface area contributed by atoms with Gasteiger partial charge in [-0.15, -0.1) is 0 Å². The number of hydrogen-bond acceptors (Lipinski definition) is 4. The lowest BCUT2D eigenvalue weighted by Crippen LogP contribution is -2.54. The number of halogens is 1. The maximum Gasteiger partial charge on any atom is 0.240 e. The van der Waals surface area contributed by atoms with Gasteiger partial charge in [0.2, 0.25) is 5.91 Å². The smallest absolute Gasteiger partial charge is 0.240 e. The van der Waals surface area contributed by atoms with E-state index in [2.05, 4.69) is 15.9 Å². The fraction of sp³-hybridized carbons (Fsp3) is 0.444. The van der Waals surface area contributed by atoms with Crippen LogP contribution in [-0.2, 0) is 20.9 Å². The Hall–Kier alpha value is -1.70. The highest BCUT2D eigenvalue weighted by molar-refractivity contribution is 7.97. The molecule has 2 N–H and O–H groups in total. The zero-order valence-electron chi connectivity index (χ0n) is 15.6. The van der Waals surface area contributed by atoms with Crippen molar-refractivity contribution in [1.29, 1.82) is 0 Å². The standard InChI is InChI=1S/C18H27ClN2O4S/c1-18(2,21-26(4,5)23)17(22)20-11-9-14-7-8-15(16(13-14)24-3)25-12-6-10-19/h6-8,10,13H,4,9,11-12H2,1-3,5H3,(H,20,22)(H,21,23)/b10-6+. The van der Waals surface area contributed by atoms with Gasteiger partial charge in [-0.3, -0.25) is 9.00 Å². The van der Waals surface area contributed by atoms with E-state index in [1.54, 1.807) is 27.0 Å². The summed E-state index contributed by atoms with van der Waals surface area (Å²) in [5.74, 6) is 4.51. The summed E-state index contributed by atoms with van der Waals surface area (Å²) < 4.78 is 25.4. The van der Waals surface area contributed by atoms with Gasteiger partial charge in [0.25, 0.3) is 0 Å². The fourth-order valence-corrected chi connectivity index (χ4v) is 3.53. The normalized spacial score (nSPS) is 14.0. The molecule has 1 rings (SSSR count). The van der Waals surface area contributed by atoms with Gasteiger partial charge < -0.3 is 14.8 Å². The predicted molar refractivity (Wildman–Crippen MR) is 109 cm³/mol. The molecule has 0 aliphatic carbocycles. The Balaban J connectivity index is 2.63. The monoisotopic (exact) mass is 402 g/mol. The van der Waals surface area contributed by atoms with Crippen molar-refractivity contribution in [3.63, 3.8) is 0 Å². The molecule has 0 bridgehead atoms. The summed E-state index contributed by atoms with van der Waals surface area (Å²) in [6, 6.07) is 5.59. The zero-order chi connectivity index (χ0) is 19.8. The van der Waals surface area contributed by atoms with Crippen LogP contribution >= 0.6 is 11.6 Å². The predicted octanol–water partition coefficient (Wildman–Crippen LogP) is 2.11. The summed E-state index contributed by atoms with van der Waals surface area (Å²) in [7, 11) is -0.912. The molecule has 8 heteroatoms. The van der Waals surface area contributed by atoms with Crippen molar-refractivity contribution in [2.24, 2.45) is 0 Å². The first-order valence-electron chi connectivity index (χ1n) is 8.03. The van der Waals surface area contributed by atoms with Crippen LogP contribution in [0.15, 0.2) is 29.8 Å². The van der Waals surface area contributed by atoms with Gasteiger partial charge in [-0.1, -0.05) is 17.7 Å². The number of nitrogens with one attached hydrogen (secondary N) is 2. The largest absolute Gasteiger partial charge is 0.493 e. The van der Waals surface area contributed by atoms with E-state index in [9.17, 15) is 9.00 Å². The molecule has 6 nitrogen and oxygen atoms in total. The number of methoxy groups -OCH3 is 1. The second kappa shape index (κ2) is 9.85. The first-order valence-corrected chi connectivity index (χ1v) is 10.6. The van der Waals surface area contributed by atoms with Crippen LogP contribution in [0.1, 0.15) is 19.4 Å². The molecule has 1 amide bonds. The second-order valence-electron chi connectivity index (χ2n) is 6.40. The molecule has 0 heterocycles. The fourth-order valence-electron chi connectivity index (χ4n) is 2.29. The Labute approximate surface area is 161 Å². The number of amides is 1. The molecule has 1 aromatic carbocycles. The van der Waals surface area contributed by atoms with Gasteiger partial charge in [0.05, 0.1) is 7.11 Å². The molecule has 0 saturated carbocycles. The SMILES string of the molecule is C=S(C)(=O)NC(C)(C)C(=O)NCCc1ccc(OC/C=C/Cl)c(OC)c1. The first-order chi connectivity index (χ1) is 12.1. The van der Waals surface area contributed by atoms with Gasteiger partial charge in [0.15, 0.2) is 11.5 Å². The van der Waals surface area contributed by atoms with E-state index in [1.165, 1.54) is 11.8 Å². The Kier molecular flexibility index (Phi) is 8.46. The number of carbonyl (C=O) groups excluding carboxylic acids is 1. The van der Waals surface area contributed by atoms with E-state index in [1.807, 2.05) is 18.2 Å². The van der Waals surface area contributed by atoms with Crippen LogP contribution in [0.3, 0.4) is 0 Å². The minimum absolute atomic E-state index is 0.240. The summed E-state index contributed by atoms with van der Waals surface area (Å²) in [5.41, 5.74) is 1.41. The van der Waals surface area contributed by atoms with E-state index in [0.717, 1.165) is 5.56 Å². The lowest BCUT2D eigenvalue weighted by molar-refractivity contribution is -0.125. The average molecular weight is 403 g/mol. The summed E-state index contributed by atoms with van der Waals surface area (Å²) in [5, 5.41) is 2.84. The van der Waals surface area contributed by atoms with Crippen molar-refractivity contribution < 1.29 is 18.5 Å². The molecule has 26 heavy (non-hydrogen) atoms. The number of hydrogen-bond donors (Lipinski definition) is 2. The third kappa shape index (κ3) is 7.68. The summed E-state index contributed by atoms with van der Waals surface area (Å²) in [6.45, 7) is 4.12. The lowest BCUT2D eigenvalue weighted by Gasteiger charge is -2.25. The molecule has 146 valence electrons. The molecule has 1 unspecified atom stereocenters. The number of benzene rings is 1. The molecule has 1 atom stereocenters. The number of rotatable bonds is 10. The van der Waals surface area contributed by atoms with E-state index < -0.39 is 15.2 Å².